The average molecular weight is 1100 g/mol. The fourth-order valence-corrected chi connectivity index (χ4v) is 13.9. The van der Waals surface area contributed by atoms with Gasteiger partial charge in [-0.15, -0.1) is 0 Å². The molecule has 340 valence electrons. The first-order valence-corrected chi connectivity index (χ1v) is 23.7. The molecule has 0 spiro atoms. The molecule has 2 aliphatic rings. The van der Waals surface area contributed by atoms with Crippen LogP contribution in [-0.4, -0.2) is 121 Å². The molecular formula is C43H68Br4O12. The zero-order valence-corrected chi connectivity index (χ0v) is 43.9. The molecule has 0 amide bonds. The third kappa shape index (κ3) is 7.61. The zero-order chi connectivity index (χ0) is 45.5. The van der Waals surface area contributed by atoms with Crippen molar-refractivity contribution >= 4 is 75.3 Å². The van der Waals surface area contributed by atoms with Gasteiger partial charge < -0.3 is 47.4 Å². The summed E-state index contributed by atoms with van der Waals surface area (Å²) in [6, 6.07) is 0. The smallest absolute Gasteiger partial charge is 0.246 e. The second-order valence-electron chi connectivity index (χ2n) is 14.4. The lowest BCUT2D eigenvalue weighted by Gasteiger charge is -2.71. The lowest BCUT2D eigenvalue weighted by molar-refractivity contribution is -0.445. The largest absolute Gasteiger partial charge is 0.365 e. The second-order valence-corrected chi connectivity index (χ2v) is 18.4. The first-order chi connectivity index (χ1) is 27.6. The van der Waals surface area contributed by atoms with Crippen molar-refractivity contribution in [3.63, 3.8) is 0 Å². The summed E-state index contributed by atoms with van der Waals surface area (Å²) >= 11 is 15.7. The Hall–Kier alpha value is -0.180. The second kappa shape index (κ2) is 21.2. The highest BCUT2D eigenvalue weighted by Crippen LogP contribution is 2.72. The standard InChI is InChI=1S/C43H68Br4O12/c1-17-50-36(27-31(44)38(52-19-3,33(48)29(11)12)40(46,54-21-5)42(36,56-23-7)57-24-8)35(15,16)37(51-18-2)28-32(45)39(53-20-4,34(49)30(13)14)41(47,55-22-6)43(37,58-25-9)59-26-10/h27-28H,11,13,17-26H2,1-10,12,14-16H3. The maximum absolute atomic E-state index is 14.9. The van der Waals surface area contributed by atoms with Gasteiger partial charge in [0.15, 0.2) is 22.8 Å². The fraction of sp³-hybridized carbons (Fsp3) is 0.767. The van der Waals surface area contributed by atoms with Crippen LogP contribution in [0.4, 0.5) is 0 Å². The lowest BCUT2D eigenvalue weighted by atomic mass is 9.51. The van der Waals surface area contributed by atoms with E-state index < -0.39 is 60.0 Å². The van der Waals surface area contributed by atoms with Crippen molar-refractivity contribution in [2.24, 2.45) is 5.41 Å². The minimum Gasteiger partial charge on any atom is -0.365 e. The molecule has 12 nitrogen and oxygen atoms in total. The highest BCUT2D eigenvalue weighted by atomic mass is 79.9. The van der Waals surface area contributed by atoms with Gasteiger partial charge in [-0.05, 0) is 138 Å². The van der Waals surface area contributed by atoms with Crippen molar-refractivity contribution in [1.29, 1.82) is 0 Å². The Kier molecular flexibility index (Phi) is 19.8. The van der Waals surface area contributed by atoms with Crippen molar-refractivity contribution in [2.75, 3.05) is 66.1 Å². The number of Topliss-reactive ketones (excluding diaryl/α,β-unsaturated/α-hetero) is 2. The number of ketones is 2. The maximum Gasteiger partial charge on any atom is 0.246 e. The van der Waals surface area contributed by atoms with E-state index in [2.05, 4.69) is 76.9 Å². The normalized spacial score (nSPS) is 31.7. The molecule has 0 bridgehead atoms. The molecular weight excluding hydrogens is 1030 g/mol. The van der Waals surface area contributed by atoms with E-state index in [1.807, 2.05) is 27.7 Å². The topological polar surface area (TPSA) is 126 Å². The quantitative estimate of drug-likeness (QED) is 0.0465. The molecule has 0 saturated carbocycles. The molecule has 0 radical (unpaired) electrons. The molecule has 16 heteroatoms. The molecule has 59 heavy (non-hydrogen) atoms. The summed E-state index contributed by atoms with van der Waals surface area (Å²) in [4.78, 5) is 29.8. The molecule has 0 fully saturated rings. The van der Waals surface area contributed by atoms with Crippen LogP contribution in [0, 0.1) is 5.41 Å². The summed E-state index contributed by atoms with van der Waals surface area (Å²) in [7, 11) is 0. The SMILES string of the molecule is C=C(C)C(=O)C1(OCC)C(Br)=CC(OCC)(C(C)(C)C2(OCC)C=C(Br)C(OCC)(C(=O)C(=C)C)C(Br)(OCC)C2(OCC)OCC)C(OCC)(OCC)C1(Br)OCC. The summed E-state index contributed by atoms with van der Waals surface area (Å²) in [5, 5.41) is 0. The van der Waals surface area contributed by atoms with Crippen LogP contribution in [0.25, 0.3) is 0 Å². The molecule has 0 aromatic heterocycles. The van der Waals surface area contributed by atoms with E-state index in [0.29, 0.717) is 0 Å². The Morgan fingerprint density at radius 1 is 0.492 bits per heavy atom. The van der Waals surface area contributed by atoms with E-state index in [9.17, 15) is 9.59 Å². The van der Waals surface area contributed by atoms with Gasteiger partial charge in [0.1, 0.15) is 0 Å². The van der Waals surface area contributed by atoms with Crippen molar-refractivity contribution in [3.05, 3.63) is 45.4 Å². The Labute approximate surface area is 386 Å². The van der Waals surface area contributed by atoms with Crippen LogP contribution >= 0.6 is 63.7 Å². The molecule has 2 rings (SSSR count). The summed E-state index contributed by atoms with van der Waals surface area (Å²) in [5.41, 5.74) is -9.03. The highest BCUT2D eigenvalue weighted by Gasteiger charge is 2.89. The summed E-state index contributed by atoms with van der Waals surface area (Å²) in [6.07, 6.45) is 3.48. The zero-order valence-electron chi connectivity index (χ0n) is 37.6. The Bertz CT molecular complexity index is 1460. The highest BCUT2D eigenvalue weighted by molar-refractivity contribution is 9.12. The first kappa shape index (κ1) is 55.0. The number of rotatable bonds is 26. The van der Waals surface area contributed by atoms with Crippen LogP contribution in [0.15, 0.2) is 45.4 Å². The van der Waals surface area contributed by atoms with Crippen molar-refractivity contribution in [1.82, 2.24) is 0 Å². The predicted molar refractivity (Wildman–Crippen MR) is 243 cm³/mol. The average Bonchev–Trinajstić information content (AvgIpc) is 3.16. The third-order valence-corrected chi connectivity index (χ3v) is 15.1. The van der Waals surface area contributed by atoms with Crippen molar-refractivity contribution < 1.29 is 57.0 Å². The van der Waals surface area contributed by atoms with E-state index in [1.165, 1.54) is 0 Å². The van der Waals surface area contributed by atoms with Gasteiger partial charge in [0.25, 0.3) is 0 Å². The Balaban J connectivity index is 3.81. The van der Waals surface area contributed by atoms with Gasteiger partial charge in [-0.25, -0.2) is 0 Å². The van der Waals surface area contributed by atoms with Gasteiger partial charge in [-0.3, -0.25) is 9.59 Å². The number of alkyl halides is 2. The summed E-state index contributed by atoms with van der Waals surface area (Å²) in [6.45, 7) is 33.6. The number of carbonyl (C=O) groups is 2. The summed E-state index contributed by atoms with van der Waals surface area (Å²) in [5.74, 6) is -5.30. The fourth-order valence-electron chi connectivity index (χ4n) is 9.03. The Morgan fingerprint density at radius 3 is 0.932 bits per heavy atom. The van der Waals surface area contributed by atoms with E-state index in [1.54, 1.807) is 81.4 Å². The van der Waals surface area contributed by atoms with Gasteiger partial charge in [-0.2, -0.15) is 0 Å². The maximum atomic E-state index is 14.9. The molecule has 0 aromatic carbocycles. The molecule has 0 aromatic rings. The lowest BCUT2D eigenvalue weighted by Crippen LogP contribution is -2.89. The molecule has 0 heterocycles. The Morgan fingerprint density at radius 2 is 0.729 bits per heavy atom. The number of hydrogen-bond donors (Lipinski definition) is 0. The number of halogens is 4. The van der Waals surface area contributed by atoms with Gasteiger partial charge in [0, 0.05) is 80.4 Å². The third-order valence-electron chi connectivity index (χ3n) is 10.9. The van der Waals surface area contributed by atoms with Crippen LogP contribution in [0.2, 0.25) is 0 Å². The van der Waals surface area contributed by atoms with Gasteiger partial charge in [0.05, 0.1) is 0 Å². The number of ether oxygens (including phenoxy) is 10. The van der Waals surface area contributed by atoms with Crippen LogP contribution in [0.1, 0.15) is 96.9 Å². The van der Waals surface area contributed by atoms with E-state index in [-0.39, 0.29) is 86.2 Å². The first-order valence-electron chi connectivity index (χ1n) is 20.5. The minimum atomic E-state index is -2.15. The van der Waals surface area contributed by atoms with Crippen LogP contribution in [-0.2, 0) is 57.0 Å². The monoisotopic (exact) mass is 1090 g/mol. The van der Waals surface area contributed by atoms with Crippen molar-refractivity contribution in [3.8, 4) is 0 Å². The number of hydrogen-bond acceptors (Lipinski definition) is 12. The van der Waals surface area contributed by atoms with E-state index >= 15 is 0 Å². The summed E-state index contributed by atoms with van der Waals surface area (Å²) < 4.78 is 65.9. The van der Waals surface area contributed by atoms with E-state index in [0.717, 1.165) is 0 Å². The molecule has 0 saturated heterocycles. The number of carbonyl (C=O) groups excluding carboxylic acids is 2. The van der Waals surface area contributed by atoms with Gasteiger partial charge in [-0.1, -0.05) is 58.9 Å². The molecule has 2 aliphatic carbocycles. The van der Waals surface area contributed by atoms with Crippen molar-refractivity contribution in [2.45, 2.75) is 140 Å². The molecule has 6 unspecified atom stereocenters. The van der Waals surface area contributed by atoms with Gasteiger partial charge >= 0.3 is 0 Å². The minimum absolute atomic E-state index is 0.0331. The van der Waals surface area contributed by atoms with Gasteiger partial charge in [0.2, 0.25) is 31.8 Å². The van der Waals surface area contributed by atoms with Crippen LogP contribution in [0.5, 0.6) is 0 Å². The van der Waals surface area contributed by atoms with Crippen LogP contribution < -0.4 is 0 Å². The molecule has 0 aliphatic heterocycles. The van der Waals surface area contributed by atoms with Crippen LogP contribution in [0.3, 0.4) is 0 Å². The molecule has 6 atom stereocenters. The molecule has 0 N–H and O–H groups in total. The predicted octanol–water partition coefficient (Wildman–Crippen LogP) is 9.78. The van der Waals surface area contributed by atoms with E-state index in [4.69, 9.17) is 47.4 Å².